The predicted octanol–water partition coefficient (Wildman–Crippen LogP) is 1.01. The molecule has 0 aliphatic carbocycles. The number of hydrogen-bond acceptors (Lipinski definition) is 5. The maximum absolute atomic E-state index is 10.8. The molecule has 1 aromatic carbocycles. The monoisotopic (exact) mass is 182 g/mol. The number of benzene rings is 1. The zero-order valence-electron chi connectivity index (χ0n) is 6.43. The smallest absolute Gasteiger partial charge is 0.346 e. The van der Waals surface area contributed by atoms with E-state index in [-0.39, 0.29) is 0 Å². The fourth-order valence-electron chi connectivity index (χ4n) is 1.03. The lowest BCUT2D eigenvalue weighted by Gasteiger charge is -1.86. The number of esters is 2. The highest BCUT2D eigenvalue weighted by Crippen LogP contribution is 2.18. The van der Waals surface area contributed by atoms with Gasteiger partial charge in [-0.2, -0.15) is 0 Å². The van der Waals surface area contributed by atoms with Crippen LogP contribution in [0, 0.1) is 0 Å². The molecule has 5 heteroatoms. The first kappa shape index (κ1) is 9.37. The summed E-state index contributed by atoms with van der Waals surface area (Å²) in [5.41, 5.74) is 0.718. The molecular formula is C8H6O5. The van der Waals surface area contributed by atoms with E-state index in [0.717, 1.165) is 0 Å². The molecule has 13 heavy (non-hydrogen) atoms. The molecule has 5 nitrogen and oxygen atoms in total. The van der Waals surface area contributed by atoms with Crippen LogP contribution in [0.2, 0.25) is 0 Å². The summed E-state index contributed by atoms with van der Waals surface area (Å²) in [6, 6.07) is 6.53. The normalized spacial score (nSPS) is 12.8. The highest BCUT2D eigenvalue weighted by Gasteiger charge is 2.28. The molecule has 0 unspecified atom stereocenters. The molecule has 0 radical (unpaired) electrons. The number of carbonyl (C=O) groups excluding carboxylic acids is 2. The van der Waals surface area contributed by atoms with Crippen LogP contribution in [-0.4, -0.2) is 22.5 Å². The molecule has 0 aromatic heterocycles. The van der Waals surface area contributed by atoms with Gasteiger partial charge in [-0.25, -0.2) is 9.59 Å². The molecule has 0 atom stereocenters. The summed E-state index contributed by atoms with van der Waals surface area (Å²) in [5.74, 6) is -1.10. The number of cyclic esters (lactones) is 2. The van der Waals surface area contributed by atoms with Crippen LogP contribution >= 0.6 is 0 Å². The third-order valence-corrected chi connectivity index (χ3v) is 1.55. The maximum atomic E-state index is 10.8. The van der Waals surface area contributed by atoms with E-state index in [9.17, 15) is 9.59 Å². The average molecular weight is 182 g/mol. The number of rotatable bonds is 0. The van der Waals surface area contributed by atoms with E-state index < -0.39 is 11.9 Å². The second-order valence-electron chi connectivity index (χ2n) is 2.22. The first-order valence-corrected chi connectivity index (χ1v) is 3.34. The van der Waals surface area contributed by atoms with Crippen molar-refractivity contribution in [2.45, 2.75) is 0 Å². The van der Waals surface area contributed by atoms with Gasteiger partial charge in [0.1, 0.15) is 0 Å². The van der Waals surface area contributed by atoms with Gasteiger partial charge in [0.15, 0.2) is 0 Å². The van der Waals surface area contributed by atoms with Gasteiger partial charge in [-0.15, -0.1) is 0 Å². The van der Waals surface area contributed by atoms with Gasteiger partial charge in [0.05, 0.1) is 11.1 Å². The minimum Gasteiger partial charge on any atom is -0.386 e. The zero-order valence-corrected chi connectivity index (χ0v) is 6.43. The van der Waals surface area contributed by atoms with Gasteiger partial charge in [-0.05, 0) is 12.1 Å². The number of carbonyl (C=O) groups is 2. The summed E-state index contributed by atoms with van der Waals surface area (Å²) in [6.07, 6.45) is 0. The Kier molecular flexibility index (Phi) is 2.73. The van der Waals surface area contributed by atoms with Crippen molar-refractivity contribution < 1.29 is 24.8 Å². The molecule has 1 heterocycles. The second-order valence-corrected chi connectivity index (χ2v) is 2.22. The van der Waals surface area contributed by atoms with Crippen molar-refractivity contribution >= 4 is 11.9 Å². The third-order valence-electron chi connectivity index (χ3n) is 1.55. The van der Waals surface area contributed by atoms with Crippen molar-refractivity contribution in [2.75, 3.05) is 0 Å². The zero-order chi connectivity index (χ0) is 9.84. The van der Waals surface area contributed by atoms with Gasteiger partial charge in [-0.1, -0.05) is 12.1 Å². The van der Waals surface area contributed by atoms with Crippen LogP contribution in [0.3, 0.4) is 0 Å². The van der Waals surface area contributed by atoms with Crippen LogP contribution in [-0.2, 0) is 4.74 Å². The Bertz CT molecular complexity index is 311. The van der Waals surface area contributed by atoms with E-state index in [0.29, 0.717) is 11.1 Å². The summed E-state index contributed by atoms with van der Waals surface area (Å²) >= 11 is 0. The molecule has 2 N–H and O–H groups in total. The maximum Gasteiger partial charge on any atom is 0.346 e. The van der Waals surface area contributed by atoms with Crippen LogP contribution in [0.5, 0.6) is 0 Å². The van der Waals surface area contributed by atoms with E-state index in [4.69, 9.17) is 10.5 Å². The van der Waals surface area contributed by atoms with Crippen molar-refractivity contribution in [2.24, 2.45) is 0 Å². The van der Waals surface area contributed by atoms with Gasteiger partial charge in [-0.3, -0.25) is 10.5 Å². The molecule has 0 saturated carbocycles. The van der Waals surface area contributed by atoms with Crippen molar-refractivity contribution in [3.63, 3.8) is 0 Å². The van der Waals surface area contributed by atoms with Gasteiger partial charge >= 0.3 is 11.9 Å². The molecule has 1 aromatic rings. The Balaban J connectivity index is 0.000000396. The van der Waals surface area contributed by atoms with Gasteiger partial charge < -0.3 is 4.74 Å². The summed E-state index contributed by atoms with van der Waals surface area (Å²) < 4.78 is 4.35. The van der Waals surface area contributed by atoms with Crippen molar-refractivity contribution in [1.29, 1.82) is 0 Å². The Hall–Kier alpha value is -1.72. The fraction of sp³-hybridized carbons (Fsp3) is 0. The first-order chi connectivity index (χ1) is 6.29. The Morgan fingerprint density at radius 2 is 1.31 bits per heavy atom. The quantitative estimate of drug-likeness (QED) is 0.271. The van der Waals surface area contributed by atoms with Gasteiger partial charge in [0, 0.05) is 0 Å². The lowest BCUT2D eigenvalue weighted by molar-refractivity contribution is -0.176. The molecule has 0 amide bonds. The summed E-state index contributed by atoms with van der Waals surface area (Å²) in [4.78, 5) is 21.7. The van der Waals surface area contributed by atoms with Crippen LogP contribution in [0.1, 0.15) is 20.7 Å². The van der Waals surface area contributed by atoms with Crippen molar-refractivity contribution in [3.05, 3.63) is 35.4 Å². The van der Waals surface area contributed by atoms with E-state index in [2.05, 4.69) is 4.74 Å². The molecular weight excluding hydrogens is 176 g/mol. The lowest BCUT2D eigenvalue weighted by Crippen LogP contribution is -1.96. The minimum atomic E-state index is -0.550. The highest BCUT2D eigenvalue weighted by molar-refractivity contribution is 6.14. The Labute approximate surface area is 73.1 Å². The van der Waals surface area contributed by atoms with E-state index in [1.165, 1.54) is 0 Å². The summed E-state index contributed by atoms with van der Waals surface area (Å²) in [7, 11) is 0. The Morgan fingerprint density at radius 3 is 1.69 bits per heavy atom. The third kappa shape index (κ3) is 1.56. The van der Waals surface area contributed by atoms with Crippen LogP contribution in [0.15, 0.2) is 24.3 Å². The SMILES string of the molecule is O=C1OC(=O)c2ccccc21.OO. The largest absolute Gasteiger partial charge is 0.386 e. The van der Waals surface area contributed by atoms with Crippen LogP contribution in [0.25, 0.3) is 0 Å². The summed E-state index contributed by atoms with van der Waals surface area (Å²) in [5, 5.41) is 12.0. The highest BCUT2D eigenvalue weighted by atomic mass is 17.0. The predicted molar refractivity (Wildman–Crippen MR) is 41.4 cm³/mol. The van der Waals surface area contributed by atoms with E-state index in [1.54, 1.807) is 24.3 Å². The molecule has 1 aliphatic rings. The lowest BCUT2D eigenvalue weighted by atomic mass is 10.1. The Morgan fingerprint density at radius 1 is 0.923 bits per heavy atom. The van der Waals surface area contributed by atoms with Gasteiger partial charge in [0.25, 0.3) is 0 Å². The first-order valence-electron chi connectivity index (χ1n) is 3.34. The minimum absolute atomic E-state index is 0.359. The summed E-state index contributed by atoms with van der Waals surface area (Å²) in [6.45, 7) is 0. The molecule has 0 fully saturated rings. The molecule has 2 rings (SSSR count). The van der Waals surface area contributed by atoms with Gasteiger partial charge in [0.2, 0.25) is 0 Å². The van der Waals surface area contributed by atoms with Crippen molar-refractivity contribution in [1.82, 2.24) is 0 Å². The fourth-order valence-corrected chi connectivity index (χ4v) is 1.03. The molecule has 68 valence electrons. The second kappa shape index (κ2) is 3.79. The van der Waals surface area contributed by atoms with Crippen molar-refractivity contribution in [3.8, 4) is 0 Å². The van der Waals surface area contributed by atoms with E-state index >= 15 is 0 Å². The number of ether oxygens (including phenoxy) is 1. The molecule has 0 spiro atoms. The van der Waals surface area contributed by atoms with Crippen LogP contribution < -0.4 is 0 Å². The number of hydrogen-bond donors (Lipinski definition) is 2. The standard InChI is InChI=1S/C8H4O3.H2O2/c9-7-5-3-1-2-4-6(5)8(10)11-7;1-2/h1-4H;1-2H. The molecule has 0 bridgehead atoms. The van der Waals surface area contributed by atoms with Crippen LogP contribution in [0.4, 0.5) is 0 Å². The number of fused-ring (bicyclic) bond motifs is 1. The molecule has 0 saturated heterocycles. The van der Waals surface area contributed by atoms with E-state index in [1.807, 2.05) is 0 Å². The topological polar surface area (TPSA) is 83.8 Å². The molecule has 1 aliphatic heterocycles. The average Bonchev–Trinajstić information content (AvgIpc) is 2.47.